The summed E-state index contributed by atoms with van der Waals surface area (Å²) < 4.78 is 0. The Kier molecular flexibility index (Phi) is 8.41. The molecule has 0 saturated carbocycles. The molecule has 0 spiro atoms. The quantitative estimate of drug-likeness (QED) is 0.495. The normalized spacial score (nSPS) is 12.6. The SMILES string of the molecule is CCCCCCCCCCC(C)c1cc(C)ccc1O. The third kappa shape index (κ3) is 6.45. The highest BCUT2D eigenvalue weighted by Crippen LogP contribution is 2.30. The summed E-state index contributed by atoms with van der Waals surface area (Å²) in [5.41, 5.74) is 2.36. The lowest BCUT2D eigenvalue weighted by Crippen LogP contribution is -1.95. The van der Waals surface area contributed by atoms with E-state index < -0.39 is 0 Å². The second kappa shape index (κ2) is 9.85. The first-order chi connectivity index (χ1) is 9.65. The van der Waals surface area contributed by atoms with Crippen LogP contribution in [0.15, 0.2) is 18.2 Å². The molecule has 1 N–H and O–H groups in total. The molecule has 20 heavy (non-hydrogen) atoms. The van der Waals surface area contributed by atoms with Crippen LogP contribution in [0.4, 0.5) is 0 Å². The van der Waals surface area contributed by atoms with Crippen molar-refractivity contribution in [2.24, 2.45) is 0 Å². The number of benzene rings is 1. The number of rotatable bonds is 10. The monoisotopic (exact) mass is 276 g/mol. The van der Waals surface area contributed by atoms with Gasteiger partial charge in [-0.25, -0.2) is 0 Å². The van der Waals surface area contributed by atoms with Crippen LogP contribution in [-0.2, 0) is 0 Å². The van der Waals surface area contributed by atoms with Crippen LogP contribution in [0.1, 0.15) is 88.7 Å². The number of hydrogen-bond acceptors (Lipinski definition) is 1. The van der Waals surface area contributed by atoms with Gasteiger partial charge in [0.25, 0.3) is 0 Å². The van der Waals surface area contributed by atoms with Crippen LogP contribution in [-0.4, -0.2) is 5.11 Å². The summed E-state index contributed by atoms with van der Waals surface area (Å²) in [6.45, 7) is 6.59. The highest BCUT2D eigenvalue weighted by atomic mass is 16.3. The van der Waals surface area contributed by atoms with Gasteiger partial charge in [-0.05, 0) is 30.9 Å². The molecule has 1 nitrogen and oxygen atoms in total. The number of phenols is 1. The standard InChI is InChI=1S/C19H32O/c1-4-5-6-7-8-9-10-11-12-17(3)18-15-16(2)13-14-19(18)20/h13-15,17,20H,4-12H2,1-3H3. The van der Waals surface area contributed by atoms with Crippen molar-refractivity contribution in [2.45, 2.75) is 84.5 Å². The van der Waals surface area contributed by atoms with Gasteiger partial charge >= 0.3 is 0 Å². The highest BCUT2D eigenvalue weighted by Gasteiger charge is 2.10. The number of unbranched alkanes of at least 4 members (excludes halogenated alkanes) is 7. The lowest BCUT2D eigenvalue weighted by Gasteiger charge is -2.14. The van der Waals surface area contributed by atoms with Crippen molar-refractivity contribution >= 4 is 0 Å². The second-order valence-electron chi connectivity index (χ2n) is 6.23. The van der Waals surface area contributed by atoms with Gasteiger partial charge in [0.05, 0.1) is 0 Å². The van der Waals surface area contributed by atoms with Gasteiger partial charge in [0, 0.05) is 0 Å². The Morgan fingerprint density at radius 1 is 0.950 bits per heavy atom. The average Bonchev–Trinajstić information content (AvgIpc) is 2.44. The van der Waals surface area contributed by atoms with Crippen LogP contribution in [0.5, 0.6) is 5.75 Å². The molecule has 0 aliphatic rings. The molecule has 1 aromatic carbocycles. The summed E-state index contributed by atoms with van der Waals surface area (Å²) in [4.78, 5) is 0. The lowest BCUT2D eigenvalue weighted by atomic mass is 9.93. The number of aromatic hydroxyl groups is 1. The summed E-state index contributed by atoms with van der Waals surface area (Å²) in [6.07, 6.45) is 12.1. The molecule has 1 unspecified atom stereocenters. The zero-order valence-corrected chi connectivity index (χ0v) is 13.6. The maximum atomic E-state index is 9.93. The second-order valence-corrected chi connectivity index (χ2v) is 6.23. The first-order valence-electron chi connectivity index (χ1n) is 8.44. The van der Waals surface area contributed by atoms with E-state index in [1.54, 1.807) is 0 Å². The van der Waals surface area contributed by atoms with E-state index in [0.29, 0.717) is 11.7 Å². The minimum atomic E-state index is 0.461. The van der Waals surface area contributed by atoms with Gasteiger partial charge in [0.1, 0.15) is 5.75 Å². The summed E-state index contributed by atoms with van der Waals surface area (Å²) in [6, 6.07) is 5.93. The number of aryl methyl sites for hydroxylation is 1. The predicted molar refractivity (Wildman–Crippen MR) is 88.5 cm³/mol. The fourth-order valence-electron chi connectivity index (χ4n) is 2.81. The van der Waals surface area contributed by atoms with Gasteiger partial charge in [-0.3, -0.25) is 0 Å². The van der Waals surface area contributed by atoms with Crippen LogP contribution < -0.4 is 0 Å². The van der Waals surface area contributed by atoms with Crippen LogP contribution in [0.2, 0.25) is 0 Å². The Labute approximate surface area is 125 Å². The Bertz CT molecular complexity index is 370. The summed E-state index contributed by atoms with van der Waals surface area (Å²) in [5, 5.41) is 9.93. The zero-order chi connectivity index (χ0) is 14.8. The molecule has 0 amide bonds. The van der Waals surface area contributed by atoms with Gasteiger partial charge in [-0.15, -0.1) is 0 Å². The summed E-state index contributed by atoms with van der Waals surface area (Å²) >= 11 is 0. The van der Waals surface area contributed by atoms with Crippen LogP contribution in [0, 0.1) is 6.92 Å². The minimum Gasteiger partial charge on any atom is -0.508 e. The highest BCUT2D eigenvalue weighted by molar-refractivity contribution is 5.37. The molecule has 114 valence electrons. The molecule has 0 bridgehead atoms. The number of hydrogen-bond donors (Lipinski definition) is 1. The first kappa shape index (κ1) is 17.1. The van der Waals surface area contributed by atoms with Crippen LogP contribution in [0.3, 0.4) is 0 Å². The average molecular weight is 276 g/mol. The van der Waals surface area contributed by atoms with E-state index in [2.05, 4.69) is 26.8 Å². The Hall–Kier alpha value is -0.980. The zero-order valence-electron chi connectivity index (χ0n) is 13.6. The van der Waals surface area contributed by atoms with Crippen molar-refractivity contribution in [3.05, 3.63) is 29.3 Å². The fraction of sp³-hybridized carbons (Fsp3) is 0.684. The molecule has 1 heteroatoms. The molecule has 1 atom stereocenters. The molecular weight excluding hydrogens is 244 g/mol. The van der Waals surface area contributed by atoms with Gasteiger partial charge < -0.3 is 5.11 Å². The minimum absolute atomic E-state index is 0.461. The van der Waals surface area contributed by atoms with Gasteiger partial charge in [0.2, 0.25) is 0 Å². The van der Waals surface area contributed by atoms with Crippen LogP contribution >= 0.6 is 0 Å². The fourth-order valence-corrected chi connectivity index (χ4v) is 2.81. The van der Waals surface area contributed by atoms with E-state index in [4.69, 9.17) is 0 Å². The van der Waals surface area contributed by atoms with Crippen LogP contribution in [0.25, 0.3) is 0 Å². The molecule has 1 aromatic rings. The molecule has 0 radical (unpaired) electrons. The molecule has 0 aromatic heterocycles. The van der Waals surface area contributed by atoms with E-state index in [9.17, 15) is 5.11 Å². The summed E-state index contributed by atoms with van der Waals surface area (Å²) in [5.74, 6) is 0.928. The van der Waals surface area contributed by atoms with Gasteiger partial charge in [0.15, 0.2) is 0 Å². The molecule has 0 aliphatic carbocycles. The smallest absolute Gasteiger partial charge is 0.119 e. The number of phenolic OH excluding ortho intramolecular Hbond substituents is 1. The maximum Gasteiger partial charge on any atom is 0.119 e. The third-order valence-corrected chi connectivity index (χ3v) is 4.20. The Balaban J connectivity index is 2.17. The van der Waals surface area contributed by atoms with Gasteiger partial charge in [-0.2, -0.15) is 0 Å². The van der Waals surface area contributed by atoms with E-state index in [1.165, 1.54) is 63.4 Å². The van der Waals surface area contributed by atoms with Crippen molar-refractivity contribution in [3.63, 3.8) is 0 Å². The molecule has 0 fully saturated rings. The summed E-state index contributed by atoms with van der Waals surface area (Å²) in [7, 11) is 0. The van der Waals surface area contributed by atoms with Crippen molar-refractivity contribution in [1.29, 1.82) is 0 Å². The third-order valence-electron chi connectivity index (χ3n) is 4.20. The topological polar surface area (TPSA) is 20.2 Å². The van der Waals surface area contributed by atoms with E-state index in [0.717, 1.165) is 5.56 Å². The van der Waals surface area contributed by atoms with E-state index in [1.807, 2.05) is 12.1 Å². The Morgan fingerprint density at radius 2 is 1.55 bits per heavy atom. The molecule has 0 heterocycles. The molecular formula is C19H32O. The largest absolute Gasteiger partial charge is 0.508 e. The maximum absolute atomic E-state index is 9.93. The van der Waals surface area contributed by atoms with E-state index in [-0.39, 0.29) is 0 Å². The van der Waals surface area contributed by atoms with Crippen molar-refractivity contribution in [1.82, 2.24) is 0 Å². The van der Waals surface area contributed by atoms with Crippen molar-refractivity contribution in [3.8, 4) is 5.75 Å². The van der Waals surface area contributed by atoms with Crippen molar-refractivity contribution < 1.29 is 5.11 Å². The predicted octanol–water partition coefficient (Wildman–Crippen LogP) is 6.33. The molecule has 0 aliphatic heterocycles. The van der Waals surface area contributed by atoms with Crippen molar-refractivity contribution in [2.75, 3.05) is 0 Å². The van der Waals surface area contributed by atoms with E-state index >= 15 is 0 Å². The first-order valence-corrected chi connectivity index (χ1v) is 8.44. The molecule has 1 rings (SSSR count). The van der Waals surface area contributed by atoms with Gasteiger partial charge in [-0.1, -0.05) is 82.9 Å². The molecule has 0 saturated heterocycles. The lowest BCUT2D eigenvalue weighted by molar-refractivity contribution is 0.457. The Morgan fingerprint density at radius 3 is 2.20 bits per heavy atom.